The van der Waals surface area contributed by atoms with Crippen LogP contribution in [0.5, 0.6) is 5.75 Å². The number of hydrogen-bond acceptors (Lipinski definition) is 2. The summed E-state index contributed by atoms with van der Waals surface area (Å²) in [6.45, 7) is 1.96. The zero-order valence-corrected chi connectivity index (χ0v) is 7.99. The standard InChI is InChI=1S/C11H12O3/c1-11(10(12)13)6-8-4-2-3-5-9(8)14-7-11/h2-5H,6-7H2,1H3,(H,12,13). The topological polar surface area (TPSA) is 46.5 Å². The Morgan fingerprint density at radius 2 is 2.21 bits per heavy atom. The van der Waals surface area contributed by atoms with E-state index in [0.29, 0.717) is 6.42 Å². The van der Waals surface area contributed by atoms with Crippen molar-refractivity contribution in [1.29, 1.82) is 0 Å². The molecule has 1 aliphatic rings. The van der Waals surface area contributed by atoms with Crippen molar-refractivity contribution in [1.82, 2.24) is 0 Å². The average Bonchev–Trinajstić information content (AvgIpc) is 2.17. The van der Waals surface area contributed by atoms with Crippen molar-refractivity contribution in [3.8, 4) is 5.75 Å². The number of carbonyl (C=O) groups is 1. The van der Waals surface area contributed by atoms with E-state index in [9.17, 15) is 4.79 Å². The molecule has 0 saturated carbocycles. The first-order valence-corrected chi connectivity index (χ1v) is 4.56. The summed E-state index contributed by atoms with van der Waals surface area (Å²) in [7, 11) is 0. The first-order chi connectivity index (χ1) is 6.62. The van der Waals surface area contributed by atoms with E-state index in [-0.39, 0.29) is 6.61 Å². The van der Waals surface area contributed by atoms with Crippen LogP contribution in [0.15, 0.2) is 24.3 Å². The maximum atomic E-state index is 11.0. The highest BCUT2D eigenvalue weighted by molar-refractivity contribution is 5.75. The molecule has 0 radical (unpaired) electrons. The maximum Gasteiger partial charge on any atom is 0.313 e. The molecule has 3 heteroatoms. The Bertz CT molecular complexity index is 373. The fourth-order valence-corrected chi connectivity index (χ4v) is 1.64. The maximum absolute atomic E-state index is 11.0. The van der Waals surface area contributed by atoms with Crippen molar-refractivity contribution in [2.75, 3.05) is 6.61 Å². The second-order valence-electron chi connectivity index (χ2n) is 3.94. The Kier molecular flexibility index (Phi) is 1.95. The monoisotopic (exact) mass is 192 g/mol. The van der Waals surface area contributed by atoms with Gasteiger partial charge in [0.05, 0.1) is 0 Å². The number of para-hydroxylation sites is 1. The van der Waals surface area contributed by atoms with Crippen LogP contribution in [0.3, 0.4) is 0 Å². The summed E-state index contributed by atoms with van der Waals surface area (Å²) in [6.07, 6.45) is 0.540. The molecule has 1 heterocycles. The summed E-state index contributed by atoms with van der Waals surface area (Å²) >= 11 is 0. The third kappa shape index (κ3) is 1.35. The molecule has 0 amide bonds. The van der Waals surface area contributed by atoms with Gasteiger partial charge in [0, 0.05) is 0 Å². The van der Waals surface area contributed by atoms with Crippen molar-refractivity contribution in [2.24, 2.45) is 5.41 Å². The van der Waals surface area contributed by atoms with Crippen molar-refractivity contribution < 1.29 is 14.6 Å². The Morgan fingerprint density at radius 3 is 2.93 bits per heavy atom. The first kappa shape index (κ1) is 9.06. The minimum Gasteiger partial charge on any atom is -0.492 e. The van der Waals surface area contributed by atoms with Gasteiger partial charge in [-0.05, 0) is 25.0 Å². The Labute approximate surface area is 82.3 Å². The molecule has 14 heavy (non-hydrogen) atoms. The second kappa shape index (κ2) is 3.01. The number of benzene rings is 1. The largest absolute Gasteiger partial charge is 0.492 e. The number of rotatable bonds is 1. The van der Waals surface area contributed by atoms with Crippen molar-refractivity contribution in [3.05, 3.63) is 29.8 Å². The number of ether oxygens (including phenoxy) is 1. The first-order valence-electron chi connectivity index (χ1n) is 4.56. The summed E-state index contributed by atoms with van der Waals surface area (Å²) in [5.41, 5.74) is 0.192. The van der Waals surface area contributed by atoms with Crippen LogP contribution in [0.1, 0.15) is 12.5 Å². The second-order valence-corrected chi connectivity index (χ2v) is 3.94. The van der Waals surface area contributed by atoms with Gasteiger partial charge < -0.3 is 9.84 Å². The predicted octanol–water partition coefficient (Wildman–Crippen LogP) is 1.71. The van der Waals surface area contributed by atoms with Crippen LogP contribution in [0, 0.1) is 5.41 Å². The lowest BCUT2D eigenvalue weighted by Gasteiger charge is -2.30. The molecule has 0 aliphatic carbocycles. The molecule has 1 aromatic rings. The molecule has 0 fully saturated rings. The van der Waals surface area contributed by atoms with E-state index in [4.69, 9.17) is 9.84 Å². The van der Waals surface area contributed by atoms with E-state index < -0.39 is 11.4 Å². The van der Waals surface area contributed by atoms with E-state index >= 15 is 0 Å². The molecule has 0 aromatic heterocycles. The van der Waals surface area contributed by atoms with Gasteiger partial charge in [-0.2, -0.15) is 0 Å². The van der Waals surface area contributed by atoms with Crippen LogP contribution in [0.4, 0.5) is 0 Å². The minimum absolute atomic E-state index is 0.249. The number of fused-ring (bicyclic) bond motifs is 1. The van der Waals surface area contributed by atoms with Gasteiger partial charge in [-0.15, -0.1) is 0 Å². The van der Waals surface area contributed by atoms with Crippen molar-refractivity contribution in [3.63, 3.8) is 0 Å². The number of aliphatic carboxylic acids is 1. The normalized spacial score (nSPS) is 24.9. The molecular weight excluding hydrogens is 180 g/mol. The molecule has 1 N–H and O–H groups in total. The smallest absolute Gasteiger partial charge is 0.313 e. The summed E-state index contributed by atoms with van der Waals surface area (Å²) in [6, 6.07) is 7.57. The Hall–Kier alpha value is -1.51. The molecule has 2 rings (SSSR count). The van der Waals surface area contributed by atoms with E-state index in [0.717, 1.165) is 11.3 Å². The fourth-order valence-electron chi connectivity index (χ4n) is 1.64. The summed E-state index contributed by atoms with van der Waals surface area (Å²) in [5, 5.41) is 9.04. The molecule has 1 aliphatic heterocycles. The molecule has 1 atom stereocenters. The molecule has 74 valence electrons. The van der Waals surface area contributed by atoms with Gasteiger partial charge in [-0.25, -0.2) is 0 Å². The van der Waals surface area contributed by atoms with Crippen LogP contribution in [-0.2, 0) is 11.2 Å². The molecule has 0 saturated heterocycles. The van der Waals surface area contributed by atoms with Crippen LogP contribution in [-0.4, -0.2) is 17.7 Å². The summed E-state index contributed by atoms with van der Waals surface area (Å²) in [4.78, 5) is 11.0. The Balaban J connectivity index is 2.34. The van der Waals surface area contributed by atoms with Crippen LogP contribution >= 0.6 is 0 Å². The van der Waals surface area contributed by atoms with E-state index in [1.807, 2.05) is 24.3 Å². The molecule has 0 bridgehead atoms. The van der Waals surface area contributed by atoms with Crippen molar-refractivity contribution >= 4 is 5.97 Å². The lowest BCUT2D eigenvalue weighted by Crippen LogP contribution is -2.39. The van der Waals surface area contributed by atoms with E-state index in [1.54, 1.807) is 6.92 Å². The number of carboxylic acid groups (broad SMARTS) is 1. The third-order valence-electron chi connectivity index (χ3n) is 2.62. The van der Waals surface area contributed by atoms with E-state index in [1.165, 1.54) is 0 Å². The third-order valence-corrected chi connectivity index (χ3v) is 2.62. The van der Waals surface area contributed by atoms with Gasteiger partial charge in [0.1, 0.15) is 17.8 Å². The molecule has 3 nitrogen and oxygen atoms in total. The van der Waals surface area contributed by atoms with Gasteiger partial charge in [-0.3, -0.25) is 4.79 Å². The van der Waals surface area contributed by atoms with Gasteiger partial charge in [-0.1, -0.05) is 18.2 Å². The van der Waals surface area contributed by atoms with Gasteiger partial charge in [0.15, 0.2) is 0 Å². The SMILES string of the molecule is CC1(C(=O)O)COc2ccccc2C1. The number of hydrogen-bond donors (Lipinski definition) is 1. The van der Waals surface area contributed by atoms with Crippen LogP contribution in [0.2, 0.25) is 0 Å². The lowest BCUT2D eigenvalue weighted by molar-refractivity contribution is -0.150. The molecule has 1 aromatic carbocycles. The molecule has 0 spiro atoms. The summed E-state index contributed by atoms with van der Waals surface area (Å²) < 4.78 is 5.42. The zero-order chi connectivity index (χ0) is 10.2. The minimum atomic E-state index is -0.799. The highest BCUT2D eigenvalue weighted by atomic mass is 16.5. The lowest BCUT2D eigenvalue weighted by atomic mass is 9.82. The predicted molar refractivity (Wildman–Crippen MR) is 51.4 cm³/mol. The molecular formula is C11H12O3. The van der Waals surface area contributed by atoms with Crippen LogP contribution < -0.4 is 4.74 Å². The molecule has 1 unspecified atom stereocenters. The van der Waals surface area contributed by atoms with E-state index in [2.05, 4.69) is 0 Å². The highest BCUT2D eigenvalue weighted by Gasteiger charge is 2.38. The van der Waals surface area contributed by atoms with Gasteiger partial charge in [0.25, 0.3) is 0 Å². The average molecular weight is 192 g/mol. The quantitative estimate of drug-likeness (QED) is 0.736. The Morgan fingerprint density at radius 1 is 1.50 bits per heavy atom. The highest BCUT2D eigenvalue weighted by Crippen LogP contribution is 2.34. The van der Waals surface area contributed by atoms with Gasteiger partial charge >= 0.3 is 5.97 Å². The van der Waals surface area contributed by atoms with Gasteiger partial charge in [0.2, 0.25) is 0 Å². The van der Waals surface area contributed by atoms with Crippen molar-refractivity contribution in [2.45, 2.75) is 13.3 Å². The zero-order valence-electron chi connectivity index (χ0n) is 7.99. The summed E-state index contributed by atoms with van der Waals surface area (Å²) in [5.74, 6) is 0.0122. The number of carboxylic acids is 1. The fraction of sp³-hybridized carbons (Fsp3) is 0.364. The van der Waals surface area contributed by atoms with Crippen LogP contribution in [0.25, 0.3) is 0 Å².